The van der Waals surface area contributed by atoms with Crippen LogP contribution >= 0.6 is 23.2 Å². The van der Waals surface area contributed by atoms with E-state index in [4.69, 9.17) is 27.9 Å². The van der Waals surface area contributed by atoms with E-state index in [1.54, 1.807) is 42.5 Å². The average molecular weight is 363 g/mol. The van der Waals surface area contributed by atoms with Crippen LogP contribution < -0.4 is 15.4 Å². The van der Waals surface area contributed by atoms with E-state index < -0.39 is 11.9 Å². The van der Waals surface area contributed by atoms with Gasteiger partial charge in [-0.15, -0.1) is 0 Å². The molecule has 1 fully saturated rings. The molecular weight excluding hydrogens is 351 g/mol. The molecule has 2 aromatic rings. The fourth-order valence-corrected chi connectivity index (χ4v) is 2.43. The van der Waals surface area contributed by atoms with Gasteiger partial charge in [-0.1, -0.05) is 41.4 Å². The van der Waals surface area contributed by atoms with Crippen LogP contribution in [0.5, 0.6) is 5.75 Å². The number of carbonyl (C=O) groups excluding carboxylic acids is 2. The van der Waals surface area contributed by atoms with Crippen LogP contribution in [0.1, 0.15) is 11.1 Å². The van der Waals surface area contributed by atoms with E-state index in [1.807, 2.05) is 6.07 Å². The van der Waals surface area contributed by atoms with Crippen LogP contribution in [-0.4, -0.2) is 11.9 Å². The normalized spacial score (nSPS) is 15.3. The maximum Gasteiger partial charge on any atom is 0.326 e. The molecule has 2 N–H and O–H groups in total. The molecule has 1 aliphatic rings. The highest BCUT2D eigenvalue weighted by molar-refractivity contribution is 6.42. The molecule has 3 rings (SSSR count). The van der Waals surface area contributed by atoms with E-state index in [9.17, 15) is 9.59 Å². The molecule has 0 aliphatic carbocycles. The first-order valence-electron chi connectivity index (χ1n) is 7.02. The Labute approximate surface area is 148 Å². The molecule has 3 amide bonds. The average Bonchev–Trinajstić information content (AvgIpc) is 2.87. The Balaban J connectivity index is 1.64. The van der Waals surface area contributed by atoms with Gasteiger partial charge in [0.25, 0.3) is 5.91 Å². The molecule has 0 saturated carbocycles. The van der Waals surface area contributed by atoms with Crippen LogP contribution in [0.25, 0.3) is 6.08 Å². The molecule has 0 spiro atoms. The lowest BCUT2D eigenvalue weighted by atomic mass is 10.2. The molecule has 0 unspecified atom stereocenters. The van der Waals surface area contributed by atoms with Crippen LogP contribution in [-0.2, 0) is 11.4 Å². The van der Waals surface area contributed by atoms with E-state index in [-0.39, 0.29) is 5.70 Å². The summed E-state index contributed by atoms with van der Waals surface area (Å²) >= 11 is 11.8. The van der Waals surface area contributed by atoms with Crippen molar-refractivity contribution in [3.05, 3.63) is 69.3 Å². The third kappa shape index (κ3) is 3.88. The predicted molar refractivity (Wildman–Crippen MR) is 91.9 cm³/mol. The summed E-state index contributed by atoms with van der Waals surface area (Å²) in [5.74, 6) is 0.225. The Morgan fingerprint density at radius 2 is 1.71 bits per heavy atom. The number of benzene rings is 2. The van der Waals surface area contributed by atoms with Crippen molar-refractivity contribution >= 4 is 41.2 Å². The van der Waals surface area contributed by atoms with Gasteiger partial charge in [-0.25, -0.2) is 4.79 Å². The SMILES string of the molecule is O=C1NC(=O)C(=Cc2ccc(OCc3ccc(Cl)c(Cl)c3)cc2)N1. The van der Waals surface area contributed by atoms with Crippen molar-refractivity contribution in [2.45, 2.75) is 6.61 Å². The molecule has 1 saturated heterocycles. The van der Waals surface area contributed by atoms with Crippen LogP contribution in [0.2, 0.25) is 10.0 Å². The van der Waals surface area contributed by atoms with Crippen LogP contribution in [0, 0.1) is 0 Å². The van der Waals surface area contributed by atoms with Gasteiger partial charge >= 0.3 is 6.03 Å². The Kier molecular flexibility index (Phi) is 4.74. The Morgan fingerprint density at radius 3 is 2.33 bits per heavy atom. The van der Waals surface area contributed by atoms with Crippen LogP contribution in [0.15, 0.2) is 48.2 Å². The summed E-state index contributed by atoms with van der Waals surface area (Å²) in [6, 6.07) is 11.9. The number of urea groups is 1. The molecule has 24 heavy (non-hydrogen) atoms. The first-order chi connectivity index (χ1) is 11.5. The van der Waals surface area contributed by atoms with Gasteiger partial charge in [0.15, 0.2) is 0 Å². The van der Waals surface area contributed by atoms with Crippen molar-refractivity contribution in [2.24, 2.45) is 0 Å². The van der Waals surface area contributed by atoms with Crippen LogP contribution in [0.3, 0.4) is 0 Å². The van der Waals surface area contributed by atoms with Crippen molar-refractivity contribution < 1.29 is 14.3 Å². The van der Waals surface area contributed by atoms with Crippen molar-refractivity contribution in [1.29, 1.82) is 0 Å². The van der Waals surface area contributed by atoms with Crippen molar-refractivity contribution in [1.82, 2.24) is 10.6 Å². The topological polar surface area (TPSA) is 67.4 Å². The second-order valence-electron chi connectivity index (χ2n) is 5.07. The zero-order valence-corrected chi connectivity index (χ0v) is 13.8. The van der Waals surface area contributed by atoms with E-state index in [2.05, 4.69) is 10.6 Å². The lowest BCUT2D eigenvalue weighted by Crippen LogP contribution is -2.22. The smallest absolute Gasteiger partial charge is 0.326 e. The molecule has 0 radical (unpaired) electrons. The van der Waals surface area contributed by atoms with Gasteiger partial charge < -0.3 is 10.1 Å². The summed E-state index contributed by atoms with van der Waals surface area (Å²) in [6.45, 7) is 0.357. The van der Waals surface area contributed by atoms with Gasteiger partial charge in [0.05, 0.1) is 10.0 Å². The predicted octanol–water partition coefficient (Wildman–Crippen LogP) is 3.75. The van der Waals surface area contributed by atoms with Gasteiger partial charge in [0.1, 0.15) is 18.1 Å². The second-order valence-corrected chi connectivity index (χ2v) is 5.89. The van der Waals surface area contributed by atoms with Gasteiger partial charge in [-0.2, -0.15) is 0 Å². The minimum Gasteiger partial charge on any atom is -0.489 e. The van der Waals surface area contributed by atoms with Gasteiger partial charge in [-0.05, 0) is 41.5 Å². The van der Waals surface area contributed by atoms with E-state index in [1.165, 1.54) is 0 Å². The maximum atomic E-state index is 11.5. The molecule has 0 aromatic heterocycles. The fourth-order valence-electron chi connectivity index (χ4n) is 2.11. The highest BCUT2D eigenvalue weighted by Crippen LogP contribution is 2.23. The third-order valence-electron chi connectivity index (χ3n) is 3.30. The number of rotatable bonds is 4. The number of nitrogens with one attached hydrogen (secondary N) is 2. The highest BCUT2D eigenvalue weighted by Gasteiger charge is 2.22. The molecule has 0 bridgehead atoms. The summed E-state index contributed by atoms with van der Waals surface area (Å²) in [7, 11) is 0. The van der Waals surface area contributed by atoms with E-state index >= 15 is 0 Å². The molecule has 122 valence electrons. The number of ether oxygens (including phenoxy) is 1. The zero-order chi connectivity index (χ0) is 17.1. The van der Waals surface area contributed by atoms with Crippen LogP contribution in [0.4, 0.5) is 4.79 Å². The third-order valence-corrected chi connectivity index (χ3v) is 4.04. The molecule has 7 heteroatoms. The fraction of sp³-hybridized carbons (Fsp3) is 0.0588. The summed E-state index contributed by atoms with van der Waals surface area (Å²) in [5, 5.41) is 5.56. The Bertz CT molecular complexity index is 832. The number of hydrogen-bond acceptors (Lipinski definition) is 3. The minimum atomic E-state index is -0.521. The van der Waals surface area contributed by atoms with Gasteiger partial charge in [-0.3, -0.25) is 10.1 Å². The highest BCUT2D eigenvalue weighted by atomic mass is 35.5. The monoisotopic (exact) mass is 362 g/mol. The molecule has 5 nitrogen and oxygen atoms in total. The summed E-state index contributed by atoms with van der Waals surface area (Å²) in [6.07, 6.45) is 1.59. The lowest BCUT2D eigenvalue weighted by Gasteiger charge is -2.07. The quantitative estimate of drug-likeness (QED) is 0.642. The lowest BCUT2D eigenvalue weighted by molar-refractivity contribution is -0.115. The molecular formula is C17H12Cl2N2O3. The second kappa shape index (κ2) is 6.95. The molecule has 0 atom stereocenters. The first-order valence-corrected chi connectivity index (χ1v) is 7.78. The molecule has 2 aromatic carbocycles. The van der Waals surface area contributed by atoms with Gasteiger partial charge in [0.2, 0.25) is 0 Å². The standard InChI is InChI=1S/C17H12Cl2N2O3/c18-13-6-3-11(7-14(13)19)9-24-12-4-1-10(2-5-12)8-15-16(22)21-17(23)20-15/h1-8H,9H2,(H2,20,21,22,23). The summed E-state index contributed by atoms with van der Waals surface area (Å²) in [4.78, 5) is 22.5. The zero-order valence-electron chi connectivity index (χ0n) is 12.3. The minimum absolute atomic E-state index is 0.212. The molecule has 1 aliphatic heterocycles. The molecule has 1 heterocycles. The first kappa shape index (κ1) is 16.4. The van der Waals surface area contributed by atoms with E-state index in [0.717, 1.165) is 11.1 Å². The number of imide groups is 1. The van der Waals surface area contributed by atoms with Gasteiger partial charge in [0, 0.05) is 0 Å². The summed E-state index contributed by atoms with van der Waals surface area (Å²) in [5.41, 5.74) is 1.88. The number of hydrogen-bond donors (Lipinski definition) is 2. The van der Waals surface area contributed by atoms with E-state index in [0.29, 0.717) is 22.4 Å². The Morgan fingerprint density at radius 1 is 0.958 bits per heavy atom. The summed E-state index contributed by atoms with van der Waals surface area (Å²) < 4.78 is 5.68. The van der Waals surface area contributed by atoms with Crippen molar-refractivity contribution in [3.8, 4) is 5.75 Å². The van der Waals surface area contributed by atoms with Crippen molar-refractivity contribution in [2.75, 3.05) is 0 Å². The Hall–Kier alpha value is -2.50. The largest absolute Gasteiger partial charge is 0.489 e. The maximum absolute atomic E-state index is 11.5. The number of amides is 3. The van der Waals surface area contributed by atoms with Crippen molar-refractivity contribution in [3.63, 3.8) is 0 Å². The number of carbonyl (C=O) groups is 2. The number of halogens is 2.